The molecule has 0 spiro atoms. The molecule has 2 unspecified atom stereocenters. The van der Waals surface area contributed by atoms with Gasteiger partial charge in [-0.25, -0.2) is 0 Å². The van der Waals surface area contributed by atoms with E-state index >= 15 is 0 Å². The molecule has 0 aliphatic rings. The molecule has 0 saturated carbocycles. The number of nitrogens with one attached hydrogen (secondary N) is 2. The van der Waals surface area contributed by atoms with E-state index in [0.717, 1.165) is 6.42 Å². The average Bonchev–Trinajstić information content (AvgIpc) is 2.44. The molecule has 0 bridgehead atoms. The Bertz CT molecular complexity index is 476. The molecule has 1 aromatic carbocycles. The third-order valence-corrected chi connectivity index (χ3v) is 3.18. The number of nitro groups is 1. The summed E-state index contributed by atoms with van der Waals surface area (Å²) in [4.78, 5) is 22.3. The number of hydrogen-bond donors (Lipinski definition) is 2. The second-order valence-electron chi connectivity index (χ2n) is 4.81. The van der Waals surface area contributed by atoms with Crippen molar-refractivity contribution in [1.82, 2.24) is 10.6 Å². The standard InChI is InChI=1S/C14H21N3O3/c1-4-10(2)16-14(18)11(3)15-9-12-7-5-6-8-13(12)17(19)20/h5-8,10-11,15H,4,9H2,1-3H3,(H,16,18). The molecule has 0 radical (unpaired) electrons. The van der Waals surface area contributed by atoms with Crippen LogP contribution in [-0.4, -0.2) is 22.9 Å². The van der Waals surface area contributed by atoms with Gasteiger partial charge in [0.1, 0.15) is 0 Å². The average molecular weight is 279 g/mol. The SMILES string of the molecule is CCC(C)NC(=O)C(C)NCc1ccccc1[N+](=O)[O-]. The van der Waals surface area contributed by atoms with E-state index < -0.39 is 11.0 Å². The van der Waals surface area contributed by atoms with Crippen LogP contribution in [-0.2, 0) is 11.3 Å². The number of para-hydroxylation sites is 1. The molecule has 1 aromatic rings. The van der Waals surface area contributed by atoms with Crippen LogP contribution in [0.1, 0.15) is 32.8 Å². The molecule has 1 rings (SSSR count). The molecule has 2 atom stereocenters. The van der Waals surface area contributed by atoms with Gasteiger partial charge in [0.15, 0.2) is 0 Å². The second-order valence-corrected chi connectivity index (χ2v) is 4.81. The van der Waals surface area contributed by atoms with Crippen molar-refractivity contribution in [3.05, 3.63) is 39.9 Å². The summed E-state index contributed by atoms with van der Waals surface area (Å²) in [5.74, 6) is -0.0991. The van der Waals surface area contributed by atoms with Crippen LogP contribution >= 0.6 is 0 Å². The van der Waals surface area contributed by atoms with Crippen molar-refractivity contribution < 1.29 is 9.72 Å². The Balaban J connectivity index is 2.59. The minimum Gasteiger partial charge on any atom is -0.352 e. The Hall–Kier alpha value is -1.95. The third kappa shape index (κ3) is 4.62. The van der Waals surface area contributed by atoms with Crippen LogP contribution in [0.25, 0.3) is 0 Å². The highest BCUT2D eigenvalue weighted by Crippen LogP contribution is 2.17. The number of nitro benzene ring substituents is 1. The van der Waals surface area contributed by atoms with Crippen LogP contribution in [0.15, 0.2) is 24.3 Å². The number of carbonyl (C=O) groups is 1. The van der Waals surface area contributed by atoms with E-state index in [1.54, 1.807) is 25.1 Å². The molecule has 0 aliphatic carbocycles. The molecule has 6 heteroatoms. The van der Waals surface area contributed by atoms with Crippen LogP contribution in [0, 0.1) is 10.1 Å². The maximum Gasteiger partial charge on any atom is 0.273 e. The van der Waals surface area contributed by atoms with Gasteiger partial charge < -0.3 is 10.6 Å². The fourth-order valence-corrected chi connectivity index (χ4v) is 1.66. The van der Waals surface area contributed by atoms with Gasteiger partial charge in [-0.1, -0.05) is 25.1 Å². The van der Waals surface area contributed by atoms with Crippen molar-refractivity contribution in [2.24, 2.45) is 0 Å². The predicted octanol–water partition coefficient (Wildman–Crippen LogP) is 1.99. The number of benzene rings is 1. The van der Waals surface area contributed by atoms with Crippen LogP contribution in [0.2, 0.25) is 0 Å². The van der Waals surface area contributed by atoms with Crippen molar-refractivity contribution >= 4 is 11.6 Å². The summed E-state index contributed by atoms with van der Waals surface area (Å²) in [6.45, 7) is 5.96. The molecule has 1 amide bonds. The molecular weight excluding hydrogens is 258 g/mol. The van der Waals surface area contributed by atoms with Gasteiger partial charge in [0.05, 0.1) is 11.0 Å². The molecule has 0 saturated heterocycles. The summed E-state index contributed by atoms with van der Waals surface area (Å²) < 4.78 is 0. The van der Waals surface area contributed by atoms with Gasteiger partial charge in [0.25, 0.3) is 5.69 Å². The summed E-state index contributed by atoms with van der Waals surface area (Å²) in [5.41, 5.74) is 0.634. The molecule has 20 heavy (non-hydrogen) atoms. The molecule has 2 N–H and O–H groups in total. The van der Waals surface area contributed by atoms with Gasteiger partial charge in [-0.15, -0.1) is 0 Å². The fraction of sp³-hybridized carbons (Fsp3) is 0.500. The summed E-state index contributed by atoms with van der Waals surface area (Å²) in [5, 5.41) is 16.8. The lowest BCUT2D eigenvalue weighted by molar-refractivity contribution is -0.385. The zero-order valence-corrected chi connectivity index (χ0v) is 12.1. The zero-order chi connectivity index (χ0) is 15.1. The predicted molar refractivity (Wildman–Crippen MR) is 77.3 cm³/mol. The minimum absolute atomic E-state index is 0.0644. The smallest absolute Gasteiger partial charge is 0.273 e. The molecule has 0 fully saturated rings. The summed E-state index contributed by atoms with van der Waals surface area (Å²) in [6.07, 6.45) is 0.864. The Morgan fingerprint density at radius 1 is 1.35 bits per heavy atom. The van der Waals surface area contributed by atoms with Crippen LogP contribution in [0.4, 0.5) is 5.69 Å². The zero-order valence-electron chi connectivity index (χ0n) is 12.1. The van der Waals surface area contributed by atoms with Crippen molar-refractivity contribution in [2.45, 2.75) is 45.8 Å². The first-order valence-corrected chi connectivity index (χ1v) is 6.71. The topological polar surface area (TPSA) is 84.3 Å². The van der Waals surface area contributed by atoms with Crippen molar-refractivity contribution in [2.75, 3.05) is 0 Å². The lowest BCUT2D eigenvalue weighted by atomic mass is 10.1. The number of carbonyl (C=O) groups excluding carboxylic acids is 1. The molecule has 0 aliphatic heterocycles. The Morgan fingerprint density at radius 3 is 2.60 bits per heavy atom. The maximum atomic E-state index is 11.8. The first-order valence-electron chi connectivity index (χ1n) is 6.71. The highest BCUT2D eigenvalue weighted by atomic mass is 16.6. The van der Waals surface area contributed by atoms with Crippen LogP contribution < -0.4 is 10.6 Å². The van der Waals surface area contributed by atoms with Crippen molar-refractivity contribution in [3.8, 4) is 0 Å². The van der Waals surface area contributed by atoms with Gasteiger partial charge in [-0.2, -0.15) is 0 Å². The maximum absolute atomic E-state index is 11.8. The number of rotatable bonds is 7. The largest absolute Gasteiger partial charge is 0.352 e. The Kier molecular flexibility index (Phi) is 6.11. The van der Waals surface area contributed by atoms with Gasteiger partial charge in [-0.05, 0) is 20.3 Å². The summed E-state index contributed by atoms with van der Waals surface area (Å²) >= 11 is 0. The normalized spacial score (nSPS) is 13.6. The van der Waals surface area contributed by atoms with E-state index in [1.807, 2.05) is 13.8 Å². The fourth-order valence-electron chi connectivity index (χ4n) is 1.66. The van der Waals surface area contributed by atoms with E-state index in [4.69, 9.17) is 0 Å². The van der Waals surface area contributed by atoms with Crippen molar-refractivity contribution in [1.29, 1.82) is 0 Å². The number of hydrogen-bond acceptors (Lipinski definition) is 4. The van der Waals surface area contributed by atoms with Gasteiger partial charge in [0.2, 0.25) is 5.91 Å². The molecule has 0 heterocycles. The van der Waals surface area contributed by atoms with E-state index in [0.29, 0.717) is 5.56 Å². The Morgan fingerprint density at radius 2 is 2.00 bits per heavy atom. The van der Waals surface area contributed by atoms with E-state index in [9.17, 15) is 14.9 Å². The van der Waals surface area contributed by atoms with Gasteiger partial charge in [-0.3, -0.25) is 14.9 Å². The summed E-state index contributed by atoms with van der Waals surface area (Å²) in [6, 6.07) is 6.24. The monoisotopic (exact) mass is 279 g/mol. The van der Waals surface area contributed by atoms with Gasteiger partial charge >= 0.3 is 0 Å². The molecule has 0 aromatic heterocycles. The second kappa shape index (κ2) is 7.59. The summed E-state index contributed by atoms with van der Waals surface area (Å²) in [7, 11) is 0. The first kappa shape index (κ1) is 16.1. The van der Waals surface area contributed by atoms with Crippen molar-refractivity contribution in [3.63, 3.8) is 0 Å². The highest BCUT2D eigenvalue weighted by molar-refractivity contribution is 5.81. The lowest BCUT2D eigenvalue weighted by Crippen LogP contribution is -2.45. The van der Waals surface area contributed by atoms with Gasteiger partial charge in [0, 0.05) is 24.2 Å². The first-order chi connectivity index (χ1) is 9.45. The molecule has 6 nitrogen and oxygen atoms in total. The third-order valence-electron chi connectivity index (χ3n) is 3.18. The van der Waals surface area contributed by atoms with E-state index in [1.165, 1.54) is 6.07 Å². The minimum atomic E-state index is -0.416. The highest BCUT2D eigenvalue weighted by Gasteiger charge is 2.17. The van der Waals surface area contributed by atoms with Crippen LogP contribution in [0.3, 0.4) is 0 Å². The van der Waals surface area contributed by atoms with E-state index in [2.05, 4.69) is 10.6 Å². The molecular formula is C14H21N3O3. The molecule has 110 valence electrons. The lowest BCUT2D eigenvalue weighted by Gasteiger charge is -2.17. The number of amides is 1. The van der Waals surface area contributed by atoms with Crippen LogP contribution in [0.5, 0.6) is 0 Å². The van der Waals surface area contributed by atoms with E-state index in [-0.39, 0.29) is 24.2 Å². The number of nitrogens with zero attached hydrogens (tertiary/aromatic N) is 1. The Labute approximate surface area is 118 Å². The quantitative estimate of drug-likeness (QED) is 0.590.